The smallest absolute Gasteiger partial charge is 0.0728 e. The zero-order valence-corrected chi connectivity index (χ0v) is 8.33. The van der Waals surface area contributed by atoms with Crippen LogP contribution in [-0.2, 0) is 7.05 Å². The van der Waals surface area contributed by atoms with Crippen LogP contribution in [0.2, 0.25) is 0 Å². The van der Waals surface area contributed by atoms with Gasteiger partial charge in [-0.25, -0.2) is 0 Å². The first-order chi connectivity index (χ1) is 6.24. The molecule has 0 bridgehead atoms. The van der Waals surface area contributed by atoms with Crippen molar-refractivity contribution in [3.05, 3.63) is 12.4 Å². The lowest BCUT2D eigenvalue weighted by atomic mass is 10.1. The third-order valence-corrected chi connectivity index (χ3v) is 2.50. The standard InChI is InChI=1S/C10H17N3/c1-8(5-9-3-4-9)12-10-6-11-13(2)7-10/h6-9,12H,3-5H2,1-2H3/t8-/m0/s1. The van der Waals surface area contributed by atoms with Gasteiger partial charge in [0, 0.05) is 19.3 Å². The molecule has 1 fully saturated rings. The molecule has 1 saturated carbocycles. The largest absolute Gasteiger partial charge is 0.380 e. The van der Waals surface area contributed by atoms with Gasteiger partial charge in [0.2, 0.25) is 0 Å². The first-order valence-electron chi connectivity index (χ1n) is 4.99. The zero-order chi connectivity index (χ0) is 9.26. The van der Waals surface area contributed by atoms with E-state index < -0.39 is 0 Å². The van der Waals surface area contributed by atoms with Crippen LogP contribution in [0.4, 0.5) is 5.69 Å². The van der Waals surface area contributed by atoms with E-state index in [1.807, 2.05) is 24.1 Å². The number of hydrogen-bond donors (Lipinski definition) is 1. The number of aryl methyl sites for hydroxylation is 1. The summed E-state index contributed by atoms with van der Waals surface area (Å²) in [5, 5.41) is 7.57. The van der Waals surface area contributed by atoms with E-state index in [9.17, 15) is 0 Å². The van der Waals surface area contributed by atoms with Gasteiger partial charge in [-0.3, -0.25) is 4.68 Å². The van der Waals surface area contributed by atoms with Gasteiger partial charge in [-0.1, -0.05) is 12.8 Å². The molecule has 1 N–H and O–H groups in total. The van der Waals surface area contributed by atoms with Crippen molar-refractivity contribution in [1.82, 2.24) is 9.78 Å². The topological polar surface area (TPSA) is 29.9 Å². The Morgan fingerprint density at radius 1 is 1.69 bits per heavy atom. The third kappa shape index (κ3) is 2.47. The second kappa shape index (κ2) is 3.40. The van der Waals surface area contributed by atoms with Crippen molar-refractivity contribution in [2.24, 2.45) is 13.0 Å². The van der Waals surface area contributed by atoms with Crippen molar-refractivity contribution in [3.63, 3.8) is 0 Å². The minimum Gasteiger partial charge on any atom is -0.380 e. The van der Waals surface area contributed by atoms with E-state index >= 15 is 0 Å². The van der Waals surface area contributed by atoms with Crippen LogP contribution < -0.4 is 5.32 Å². The molecule has 1 aromatic rings. The van der Waals surface area contributed by atoms with Gasteiger partial charge < -0.3 is 5.32 Å². The average Bonchev–Trinajstić information content (AvgIpc) is 2.76. The molecule has 1 aromatic heterocycles. The van der Waals surface area contributed by atoms with Gasteiger partial charge in [0.05, 0.1) is 11.9 Å². The fourth-order valence-electron chi connectivity index (χ4n) is 1.69. The summed E-state index contributed by atoms with van der Waals surface area (Å²) in [4.78, 5) is 0. The van der Waals surface area contributed by atoms with Gasteiger partial charge in [0.15, 0.2) is 0 Å². The summed E-state index contributed by atoms with van der Waals surface area (Å²) < 4.78 is 1.83. The Hall–Kier alpha value is -0.990. The Morgan fingerprint density at radius 2 is 2.46 bits per heavy atom. The summed E-state index contributed by atoms with van der Waals surface area (Å²) in [5.74, 6) is 0.985. The maximum Gasteiger partial charge on any atom is 0.0728 e. The van der Waals surface area contributed by atoms with Crippen LogP contribution in [0.1, 0.15) is 26.2 Å². The SMILES string of the molecule is C[C@@H](CC1CC1)Nc1cnn(C)c1. The van der Waals surface area contributed by atoms with Gasteiger partial charge in [-0.05, 0) is 19.3 Å². The molecule has 3 nitrogen and oxygen atoms in total. The minimum atomic E-state index is 0.580. The molecular formula is C10H17N3. The Labute approximate surface area is 79.1 Å². The van der Waals surface area contributed by atoms with E-state index in [2.05, 4.69) is 17.3 Å². The molecule has 72 valence electrons. The van der Waals surface area contributed by atoms with Crippen molar-refractivity contribution >= 4 is 5.69 Å². The molecule has 1 atom stereocenters. The van der Waals surface area contributed by atoms with E-state index in [1.54, 1.807) is 0 Å². The predicted molar refractivity (Wildman–Crippen MR) is 53.6 cm³/mol. The second-order valence-electron chi connectivity index (χ2n) is 4.13. The quantitative estimate of drug-likeness (QED) is 0.766. The lowest BCUT2D eigenvalue weighted by molar-refractivity contribution is 0.642. The molecule has 3 heteroatoms. The second-order valence-corrected chi connectivity index (χ2v) is 4.13. The van der Waals surface area contributed by atoms with Crippen molar-refractivity contribution in [2.45, 2.75) is 32.2 Å². The van der Waals surface area contributed by atoms with E-state index in [0.29, 0.717) is 6.04 Å². The molecular weight excluding hydrogens is 162 g/mol. The molecule has 0 amide bonds. The Kier molecular flexibility index (Phi) is 2.25. The number of aromatic nitrogens is 2. The van der Waals surface area contributed by atoms with E-state index in [1.165, 1.54) is 19.3 Å². The number of rotatable bonds is 4. The summed E-state index contributed by atoms with van der Waals surface area (Å²) in [7, 11) is 1.94. The molecule has 1 aliphatic carbocycles. The minimum absolute atomic E-state index is 0.580. The molecule has 1 aliphatic rings. The molecule has 0 saturated heterocycles. The van der Waals surface area contributed by atoms with Gasteiger partial charge in [-0.2, -0.15) is 5.10 Å². The normalized spacial score (nSPS) is 18.6. The third-order valence-electron chi connectivity index (χ3n) is 2.50. The van der Waals surface area contributed by atoms with E-state index in [4.69, 9.17) is 0 Å². The summed E-state index contributed by atoms with van der Waals surface area (Å²) in [6.45, 7) is 2.24. The summed E-state index contributed by atoms with van der Waals surface area (Å²) >= 11 is 0. The van der Waals surface area contributed by atoms with Crippen molar-refractivity contribution in [2.75, 3.05) is 5.32 Å². The average molecular weight is 179 g/mol. The van der Waals surface area contributed by atoms with Crippen molar-refractivity contribution in [3.8, 4) is 0 Å². The van der Waals surface area contributed by atoms with E-state index in [-0.39, 0.29) is 0 Å². The molecule has 1 heterocycles. The van der Waals surface area contributed by atoms with Gasteiger partial charge in [-0.15, -0.1) is 0 Å². The Morgan fingerprint density at radius 3 is 3.00 bits per heavy atom. The number of anilines is 1. The van der Waals surface area contributed by atoms with Gasteiger partial charge in [0.1, 0.15) is 0 Å². The lowest BCUT2D eigenvalue weighted by Crippen LogP contribution is -2.15. The Balaban J connectivity index is 1.82. The maximum absolute atomic E-state index is 4.12. The monoisotopic (exact) mass is 179 g/mol. The summed E-state index contributed by atoms with van der Waals surface area (Å²) in [6, 6.07) is 0.580. The van der Waals surface area contributed by atoms with Crippen LogP contribution in [0.15, 0.2) is 12.4 Å². The van der Waals surface area contributed by atoms with Crippen LogP contribution in [0.25, 0.3) is 0 Å². The van der Waals surface area contributed by atoms with Gasteiger partial charge in [0.25, 0.3) is 0 Å². The Bertz CT molecular complexity index is 275. The highest BCUT2D eigenvalue weighted by molar-refractivity contribution is 5.38. The maximum atomic E-state index is 4.12. The van der Waals surface area contributed by atoms with Crippen molar-refractivity contribution < 1.29 is 0 Å². The molecule has 0 aliphatic heterocycles. The van der Waals surface area contributed by atoms with Crippen LogP contribution in [0, 0.1) is 5.92 Å². The number of hydrogen-bond acceptors (Lipinski definition) is 2. The predicted octanol–water partition coefficient (Wildman–Crippen LogP) is 2.02. The summed E-state index contributed by atoms with van der Waals surface area (Å²) in [5.41, 5.74) is 1.13. The van der Waals surface area contributed by atoms with E-state index in [0.717, 1.165) is 11.6 Å². The molecule has 0 unspecified atom stereocenters. The van der Waals surface area contributed by atoms with Crippen LogP contribution >= 0.6 is 0 Å². The fourth-order valence-corrected chi connectivity index (χ4v) is 1.69. The van der Waals surface area contributed by atoms with Crippen LogP contribution in [0.5, 0.6) is 0 Å². The van der Waals surface area contributed by atoms with Crippen LogP contribution in [-0.4, -0.2) is 15.8 Å². The fraction of sp³-hybridized carbons (Fsp3) is 0.700. The molecule has 0 spiro atoms. The number of nitrogens with one attached hydrogen (secondary N) is 1. The highest BCUT2D eigenvalue weighted by Crippen LogP contribution is 2.33. The molecule has 0 aromatic carbocycles. The first kappa shape index (κ1) is 8.60. The van der Waals surface area contributed by atoms with Crippen LogP contribution in [0.3, 0.4) is 0 Å². The molecule has 13 heavy (non-hydrogen) atoms. The lowest BCUT2D eigenvalue weighted by Gasteiger charge is -2.12. The molecule has 2 rings (SSSR count). The summed E-state index contributed by atoms with van der Waals surface area (Å²) in [6.07, 6.45) is 8.06. The van der Waals surface area contributed by atoms with Crippen molar-refractivity contribution in [1.29, 1.82) is 0 Å². The first-order valence-corrected chi connectivity index (χ1v) is 4.99. The highest BCUT2D eigenvalue weighted by atomic mass is 15.3. The number of nitrogens with zero attached hydrogens (tertiary/aromatic N) is 2. The zero-order valence-electron chi connectivity index (χ0n) is 8.33. The highest BCUT2D eigenvalue weighted by Gasteiger charge is 2.23. The molecule has 0 radical (unpaired) electrons. The van der Waals surface area contributed by atoms with Gasteiger partial charge >= 0.3 is 0 Å².